The van der Waals surface area contributed by atoms with Crippen LogP contribution in [-0.4, -0.2) is 26.3 Å². The van der Waals surface area contributed by atoms with Crippen LogP contribution >= 0.6 is 0 Å². The van der Waals surface area contributed by atoms with Crippen molar-refractivity contribution in [3.63, 3.8) is 0 Å². The number of phenols is 1. The SMILES string of the molecule is Nc1cccc(-c2nc(-c3cc(C(=O)O)ccc3O)no2)c1. The van der Waals surface area contributed by atoms with Gasteiger partial charge in [-0.25, -0.2) is 4.79 Å². The van der Waals surface area contributed by atoms with Gasteiger partial charge in [0.15, 0.2) is 0 Å². The smallest absolute Gasteiger partial charge is 0.335 e. The second-order valence-corrected chi connectivity index (χ2v) is 4.59. The van der Waals surface area contributed by atoms with Gasteiger partial charge in [0.1, 0.15) is 5.75 Å². The zero-order valence-electron chi connectivity index (χ0n) is 11.2. The Bertz CT molecular complexity index is 857. The molecule has 0 amide bonds. The maximum absolute atomic E-state index is 11.0. The molecule has 0 radical (unpaired) electrons. The topological polar surface area (TPSA) is 122 Å². The number of carbonyl (C=O) groups is 1. The number of benzene rings is 2. The fourth-order valence-corrected chi connectivity index (χ4v) is 1.97. The molecule has 2 aromatic carbocycles. The molecule has 0 saturated heterocycles. The largest absolute Gasteiger partial charge is 0.507 e. The van der Waals surface area contributed by atoms with Gasteiger partial charge in [-0.05, 0) is 36.4 Å². The third-order valence-corrected chi connectivity index (χ3v) is 3.04. The molecular weight excluding hydrogens is 286 g/mol. The molecule has 7 nitrogen and oxygen atoms in total. The van der Waals surface area contributed by atoms with Crippen molar-refractivity contribution in [3.8, 4) is 28.6 Å². The van der Waals surface area contributed by atoms with Crippen LogP contribution in [0.2, 0.25) is 0 Å². The lowest BCUT2D eigenvalue weighted by molar-refractivity contribution is 0.0697. The highest BCUT2D eigenvalue weighted by Gasteiger charge is 2.16. The van der Waals surface area contributed by atoms with Gasteiger partial charge in [-0.3, -0.25) is 0 Å². The van der Waals surface area contributed by atoms with Gasteiger partial charge in [0.05, 0.1) is 11.1 Å². The fourth-order valence-electron chi connectivity index (χ4n) is 1.97. The molecule has 0 atom stereocenters. The van der Waals surface area contributed by atoms with Crippen LogP contribution < -0.4 is 5.73 Å². The van der Waals surface area contributed by atoms with Crippen LogP contribution in [0.15, 0.2) is 47.0 Å². The molecule has 3 rings (SSSR count). The van der Waals surface area contributed by atoms with E-state index in [1.165, 1.54) is 18.2 Å². The van der Waals surface area contributed by atoms with Crippen LogP contribution in [0.25, 0.3) is 22.8 Å². The lowest BCUT2D eigenvalue weighted by Gasteiger charge is -2.01. The van der Waals surface area contributed by atoms with Gasteiger partial charge in [-0.15, -0.1) is 0 Å². The maximum Gasteiger partial charge on any atom is 0.335 e. The van der Waals surface area contributed by atoms with E-state index in [1.807, 2.05) is 0 Å². The lowest BCUT2D eigenvalue weighted by Crippen LogP contribution is -1.96. The minimum absolute atomic E-state index is 0.0168. The number of phenolic OH excluding ortho intramolecular Hbond substituents is 1. The molecule has 0 unspecified atom stereocenters. The fraction of sp³-hybridized carbons (Fsp3) is 0. The number of aromatic nitrogens is 2. The molecule has 4 N–H and O–H groups in total. The van der Waals surface area contributed by atoms with E-state index in [1.54, 1.807) is 24.3 Å². The second-order valence-electron chi connectivity index (χ2n) is 4.59. The molecule has 0 fully saturated rings. The van der Waals surface area contributed by atoms with E-state index in [-0.39, 0.29) is 28.6 Å². The molecule has 1 aromatic heterocycles. The van der Waals surface area contributed by atoms with Crippen LogP contribution in [0.1, 0.15) is 10.4 Å². The molecule has 0 aliphatic carbocycles. The Hall–Kier alpha value is -3.35. The van der Waals surface area contributed by atoms with E-state index in [9.17, 15) is 9.90 Å². The normalized spacial score (nSPS) is 10.5. The van der Waals surface area contributed by atoms with Crippen LogP contribution in [0.3, 0.4) is 0 Å². The summed E-state index contributed by atoms with van der Waals surface area (Å²) in [5.74, 6) is -0.925. The standard InChI is InChI=1S/C15H11N3O4/c16-10-3-1-2-8(6-10)14-17-13(18-22-14)11-7-9(15(20)21)4-5-12(11)19/h1-7,19H,16H2,(H,20,21). The van der Waals surface area contributed by atoms with Gasteiger partial charge in [0.25, 0.3) is 5.89 Å². The molecule has 110 valence electrons. The minimum Gasteiger partial charge on any atom is -0.507 e. The molecule has 0 aliphatic rings. The van der Waals surface area contributed by atoms with E-state index in [2.05, 4.69) is 10.1 Å². The zero-order chi connectivity index (χ0) is 15.7. The number of carboxylic acid groups (broad SMARTS) is 1. The zero-order valence-corrected chi connectivity index (χ0v) is 11.2. The highest BCUT2D eigenvalue weighted by molar-refractivity contribution is 5.90. The van der Waals surface area contributed by atoms with Gasteiger partial charge in [-0.1, -0.05) is 11.2 Å². The van der Waals surface area contributed by atoms with Gasteiger partial charge in [-0.2, -0.15) is 4.98 Å². The average Bonchev–Trinajstić information content (AvgIpc) is 2.97. The number of hydrogen-bond donors (Lipinski definition) is 3. The van der Waals surface area contributed by atoms with Crippen molar-refractivity contribution in [1.29, 1.82) is 0 Å². The number of nitrogens with zero attached hydrogens (tertiary/aromatic N) is 2. The second kappa shape index (κ2) is 5.21. The first-order valence-electron chi connectivity index (χ1n) is 6.31. The molecule has 0 aliphatic heterocycles. The van der Waals surface area contributed by atoms with Crippen LogP contribution in [-0.2, 0) is 0 Å². The number of hydrogen-bond acceptors (Lipinski definition) is 6. The molecular formula is C15H11N3O4. The summed E-state index contributed by atoms with van der Waals surface area (Å²) in [6.45, 7) is 0. The lowest BCUT2D eigenvalue weighted by atomic mass is 10.1. The van der Waals surface area contributed by atoms with Gasteiger partial charge in [0.2, 0.25) is 5.82 Å². The van der Waals surface area contributed by atoms with E-state index >= 15 is 0 Å². The van der Waals surface area contributed by atoms with Crippen molar-refractivity contribution < 1.29 is 19.5 Å². The monoisotopic (exact) mass is 297 g/mol. The van der Waals surface area contributed by atoms with Crippen LogP contribution in [0, 0.1) is 0 Å². The Kier molecular flexibility index (Phi) is 3.23. The Morgan fingerprint density at radius 2 is 2.00 bits per heavy atom. The molecule has 3 aromatic rings. The highest BCUT2D eigenvalue weighted by Crippen LogP contribution is 2.30. The predicted molar refractivity (Wildman–Crippen MR) is 78.2 cm³/mol. The maximum atomic E-state index is 11.0. The minimum atomic E-state index is -1.11. The summed E-state index contributed by atoms with van der Waals surface area (Å²) >= 11 is 0. The van der Waals surface area contributed by atoms with Gasteiger partial charge in [0, 0.05) is 11.3 Å². The van der Waals surface area contributed by atoms with E-state index < -0.39 is 5.97 Å². The molecule has 22 heavy (non-hydrogen) atoms. The summed E-state index contributed by atoms with van der Waals surface area (Å²) in [6.07, 6.45) is 0. The first-order valence-corrected chi connectivity index (χ1v) is 6.31. The third-order valence-electron chi connectivity index (χ3n) is 3.04. The first-order chi connectivity index (χ1) is 10.5. The van der Waals surface area contributed by atoms with Crippen molar-refractivity contribution in [1.82, 2.24) is 10.1 Å². The Balaban J connectivity index is 2.04. The molecule has 1 heterocycles. The van der Waals surface area contributed by atoms with Gasteiger partial charge >= 0.3 is 5.97 Å². The van der Waals surface area contributed by atoms with Crippen LogP contribution in [0.5, 0.6) is 5.75 Å². The Morgan fingerprint density at radius 1 is 1.18 bits per heavy atom. The summed E-state index contributed by atoms with van der Waals surface area (Å²) in [5.41, 5.74) is 7.07. The number of nitrogen functional groups attached to an aromatic ring is 1. The van der Waals surface area contributed by atoms with Gasteiger partial charge < -0.3 is 20.5 Å². The molecule has 0 saturated carbocycles. The van der Waals surface area contributed by atoms with Crippen molar-refractivity contribution in [2.24, 2.45) is 0 Å². The molecule has 7 heteroatoms. The number of anilines is 1. The number of aromatic hydroxyl groups is 1. The number of rotatable bonds is 3. The Labute approximate surface area is 124 Å². The third kappa shape index (κ3) is 2.47. The number of aromatic carboxylic acids is 1. The molecule has 0 bridgehead atoms. The van der Waals surface area contributed by atoms with Crippen molar-refractivity contribution in [3.05, 3.63) is 48.0 Å². The summed E-state index contributed by atoms with van der Waals surface area (Å²) < 4.78 is 5.14. The summed E-state index contributed by atoms with van der Waals surface area (Å²) in [4.78, 5) is 15.2. The van der Waals surface area contributed by atoms with Crippen molar-refractivity contribution in [2.45, 2.75) is 0 Å². The average molecular weight is 297 g/mol. The highest BCUT2D eigenvalue weighted by atomic mass is 16.5. The molecule has 0 spiro atoms. The first kappa shape index (κ1) is 13.6. The van der Waals surface area contributed by atoms with E-state index in [4.69, 9.17) is 15.4 Å². The number of nitrogens with two attached hydrogens (primary N) is 1. The van der Waals surface area contributed by atoms with Crippen molar-refractivity contribution >= 4 is 11.7 Å². The van der Waals surface area contributed by atoms with E-state index in [0.717, 1.165) is 0 Å². The number of carboxylic acids is 1. The Morgan fingerprint density at radius 3 is 2.73 bits per heavy atom. The summed E-state index contributed by atoms with van der Waals surface area (Å²) in [7, 11) is 0. The summed E-state index contributed by atoms with van der Waals surface area (Å²) in [6, 6.07) is 10.7. The summed E-state index contributed by atoms with van der Waals surface area (Å²) in [5, 5.41) is 22.6. The van der Waals surface area contributed by atoms with Crippen LogP contribution in [0.4, 0.5) is 5.69 Å². The van der Waals surface area contributed by atoms with E-state index in [0.29, 0.717) is 11.3 Å². The van der Waals surface area contributed by atoms with Crippen molar-refractivity contribution in [2.75, 3.05) is 5.73 Å². The quantitative estimate of drug-likeness (QED) is 0.634. The predicted octanol–water partition coefficient (Wildman–Crippen LogP) is 2.39.